The highest BCUT2D eigenvalue weighted by Gasteiger charge is 2.26. The van der Waals surface area contributed by atoms with Crippen molar-refractivity contribution in [2.45, 2.75) is 32.0 Å². The first-order chi connectivity index (χ1) is 11.2. The molecule has 1 N–H and O–H groups in total. The van der Waals surface area contributed by atoms with Crippen LogP contribution in [0.5, 0.6) is 0 Å². The number of aliphatic hydroxyl groups is 1. The molecule has 1 fully saturated rings. The number of aliphatic hydroxyl groups excluding tert-OH is 1. The van der Waals surface area contributed by atoms with Gasteiger partial charge in [-0.3, -0.25) is 9.88 Å². The van der Waals surface area contributed by atoms with Crippen LogP contribution in [0.3, 0.4) is 0 Å². The predicted molar refractivity (Wildman–Crippen MR) is 90.0 cm³/mol. The van der Waals surface area contributed by atoms with E-state index in [2.05, 4.69) is 22.0 Å². The van der Waals surface area contributed by atoms with E-state index in [1.54, 1.807) is 0 Å². The molecular weight excluding hydrogens is 288 g/mol. The molecule has 0 amide bonds. The van der Waals surface area contributed by atoms with Crippen LogP contribution in [0.2, 0.25) is 0 Å². The molecule has 0 spiro atoms. The van der Waals surface area contributed by atoms with E-state index in [4.69, 9.17) is 4.74 Å². The van der Waals surface area contributed by atoms with E-state index in [9.17, 15) is 5.11 Å². The molecule has 0 bridgehead atoms. The number of ether oxygens (including phenoxy) is 1. The molecule has 4 nitrogen and oxygen atoms in total. The lowest BCUT2D eigenvalue weighted by Gasteiger charge is -2.36. The maximum atomic E-state index is 10.5. The van der Waals surface area contributed by atoms with E-state index in [-0.39, 0.29) is 6.04 Å². The average molecular weight is 312 g/mol. The zero-order valence-corrected chi connectivity index (χ0v) is 13.6. The summed E-state index contributed by atoms with van der Waals surface area (Å²) >= 11 is 0. The molecule has 23 heavy (non-hydrogen) atoms. The van der Waals surface area contributed by atoms with Crippen molar-refractivity contribution in [2.75, 3.05) is 19.8 Å². The third kappa shape index (κ3) is 4.38. The summed E-state index contributed by atoms with van der Waals surface area (Å²) in [6.45, 7) is 5.13. The van der Waals surface area contributed by atoms with Gasteiger partial charge in [-0.1, -0.05) is 36.4 Å². The number of benzene rings is 1. The van der Waals surface area contributed by atoms with E-state index < -0.39 is 6.10 Å². The zero-order valence-electron chi connectivity index (χ0n) is 13.6. The van der Waals surface area contributed by atoms with E-state index in [0.29, 0.717) is 13.0 Å². The van der Waals surface area contributed by atoms with Crippen LogP contribution in [0, 0.1) is 6.92 Å². The molecule has 1 aromatic heterocycles. The van der Waals surface area contributed by atoms with Crippen molar-refractivity contribution in [3.8, 4) is 0 Å². The topological polar surface area (TPSA) is 45.6 Å². The fraction of sp³-hybridized carbons (Fsp3) is 0.421. The first-order valence-electron chi connectivity index (χ1n) is 8.19. The summed E-state index contributed by atoms with van der Waals surface area (Å²) < 4.78 is 5.63. The highest BCUT2D eigenvalue weighted by molar-refractivity contribution is 5.17. The average Bonchev–Trinajstić information content (AvgIpc) is 2.59. The molecule has 4 heteroatoms. The largest absolute Gasteiger partial charge is 0.388 e. The Morgan fingerprint density at radius 3 is 2.83 bits per heavy atom. The van der Waals surface area contributed by atoms with Crippen LogP contribution in [-0.4, -0.2) is 40.8 Å². The quantitative estimate of drug-likeness (QED) is 0.922. The first kappa shape index (κ1) is 16.1. The molecule has 1 aromatic carbocycles. The number of rotatable bonds is 5. The Bertz CT molecular complexity index is 601. The summed E-state index contributed by atoms with van der Waals surface area (Å²) in [6.07, 6.45) is 2.12. The Labute approximate surface area is 137 Å². The van der Waals surface area contributed by atoms with E-state index in [1.165, 1.54) is 5.56 Å². The second kappa shape index (κ2) is 7.68. The molecule has 0 saturated carbocycles. The molecule has 2 aromatic rings. The van der Waals surface area contributed by atoms with Gasteiger partial charge >= 0.3 is 0 Å². The van der Waals surface area contributed by atoms with Gasteiger partial charge in [0.15, 0.2) is 0 Å². The van der Waals surface area contributed by atoms with Gasteiger partial charge in [0.2, 0.25) is 0 Å². The predicted octanol–water partition coefficient (Wildman–Crippen LogP) is 2.71. The van der Waals surface area contributed by atoms with Gasteiger partial charge in [-0.25, -0.2) is 0 Å². The summed E-state index contributed by atoms with van der Waals surface area (Å²) in [5, 5.41) is 10.5. The Morgan fingerprint density at radius 1 is 1.26 bits per heavy atom. The molecule has 1 aliphatic heterocycles. The summed E-state index contributed by atoms with van der Waals surface area (Å²) in [7, 11) is 0. The molecule has 2 atom stereocenters. The van der Waals surface area contributed by atoms with Crippen LogP contribution in [0.15, 0.2) is 48.7 Å². The highest BCUT2D eigenvalue weighted by atomic mass is 16.5. The Balaban J connectivity index is 1.65. The van der Waals surface area contributed by atoms with Crippen molar-refractivity contribution in [2.24, 2.45) is 0 Å². The van der Waals surface area contributed by atoms with Crippen LogP contribution in [-0.2, 0) is 11.3 Å². The molecule has 3 rings (SSSR count). The Kier molecular flexibility index (Phi) is 5.39. The minimum Gasteiger partial charge on any atom is -0.388 e. The summed E-state index contributed by atoms with van der Waals surface area (Å²) in [4.78, 5) is 6.87. The van der Waals surface area contributed by atoms with Crippen LogP contribution in [0.4, 0.5) is 0 Å². The number of morpholine rings is 1. The number of nitrogens with zero attached hydrogens (tertiary/aromatic N) is 2. The lowest BCUT2D eigenvalue weighted by Crippen LogP contribution is -2.45. The minimum absolute atomic E-state index is 0.210. The number of hydrogen-bond acceptors (Lipinski definition) is 4. The molecule has 122 valence electrons. The number of pyridine rings is 1. The fourth-order valence-electron chi connectivity index (χ4n) is 2.98. The van der Waals surface area contributed by atoms with Crippen LogP contribution in [0.25, 0.3) is 0 Å². The molecule has 2 heterocycles. The van der Waals surface area contributed by atoms with Gasteiger partial charge < -0.3 is 9.84 Å². The van der Waals surface area contributed by atoms with Crippen molar-refractivity contribution in [3.63, 3.8) is 0 Å². The van der Waals surface area contributed by atoms with Gasteiger partial charge in [-0.2, -0.15) is 0 Å². The Hall–Kier alpha value is -1.75. The van der Waals surface area contributed by atoms with Crippen molar-refractivity contribution < 1.29 is 9.84 Å². The number of hydrogen-bond donors (Lipinski definition) is 1. The lowest BCUT2D eigenvalue weighted by molar-refractivity contribution is -0.0304. The van der Waals surface area contributed by atoms with Crippen molar-refractivity contribution in [1.82, 2.24) is 9.88 Å². The normalized spacial score (nSPS) is 20.3. The smallest absolute Gasteiger partial charge is 0.0805 e. The second-order valence-corrected chi connectivity index (χ2v) is 6.19. The van der Waals surface area contributed by atoms with Crippen LogP contribution >= 0.6 is 0 Å². The summed E-state index contributed by atoms with van der Waals surface area (Å²) in [5.41, 5.74) is 3.20. The maximum Gasteiger partial charge on any atom is 0.0805 e. The van der Waals surface area contributed by atoms with Gasteiger partial charge in [0, 0.05) is 25.3 Å². The van der Waals surface area contributed by atoms with E-state index in [0.717, 1.165) is 31.0 Å². The third-order valence-electron chi connectivity index (χ3n) is 4.37. The monoisotopic (exact) mass is 312 g/mol. The highest BCUT2D eigenvalue weighted by Crippen LogP contribution is 2.23. The number of aromatic nitrogens is 1. The molecule has 0 radical (unpaired) electrons. The van der Waals surface area contributed by atoms with Gasteiger partial charge in [-0.15, -0.1) is 0 Å². The zero-order chi connectivity index (χ0) is 16.1. The van der Waals surface area contributed by atoms with Gasteiger partial charge in [-0.05, 0) is 30.5 Å². The third-order valence-corrected chi connectivity index (χ3v) is 4.37. The van der Waals surface area contributed by atoms with Crippen molar-refractivity contribution >= 4 is 0 Å². The summed E-state index contributed by atoms with van der Waals surface area (Å²) in [6, 6.07) is 14.2. The molecule has 1 aliphatic rings. The maximum absolute atomic E-state index is 10.5. The lowest BCUT2D eigenvalue weighted by atomic mass is 10.0. The summed E-state index contributed by atoms with van der Waals surface area (Å²) in [5.74, 6) is 0. The molecule has 1 saturated heterocycles. The molecule has 0 aliphatic carbocycles. The van der Waals surface area contributed by atoms with Crippen molar-refractivity contribution in [3.05, 3.63) is 65.5 Å². The van der Waals surface area contributed by atoms with Crippen molar-refractivity contribution in [1.29, 1.82) is 0 Å². The van der Waals surface area contributed by atoms with Gasteiger partial charge in [0.25, 0.3) is 0 Å². The number of aryl methyl sites for hydroxylation is 1. The SMILES string of the molecule is Cc1ccc(CN2CCOCC2CC(O)c2ccccc2)nc1. The van der Waals surface area contributed by atoms with Gasteiger partial charge in [0.05, 0.1) is 25.0 Å². The minimum atomic E-state index is -0.462. The van der Waals surface area contributed by atoms with Gasteiger partial charge in [0.1, 0.15) is 0 Å². The Morgan fingerprint density at radius 2 is 2.09 bits per heavy atom. The second-order valence-electron chi connectivity index (χ2n) is 6.19. The standard InChI is InChI=1S/C19H24N2O2/c1-15-7-8-17(20-12-15)13-21-9-10-23-14-18(21)11-19(22)16-5-3-2-4-6-16/h2-8,12,18-19,22H,9-11,13-14H2,1H3. The first-order valence-corrected chi connectivity index (χ1v) is 8.19. The van der Waals surface area contributed by atoms with Crippen LogP contribution < -0.4 is 0 Å². The van der Waals surface area contributed by atoms with E-state index in [1.807, 2.05) is 43.5 Å². The molecule has 2 unspecified atom stereocenters. The van der Waals surface area contributed by atoms with E-state index >= 15 is 0 Å². The van der Waals surface area contributed by atoms with Crippen LogP contribution in [0.1, 0.15) is 29.3 Å². The fourth-order valence-corrected chi connectivity index (χ4v) is 2.98. The molecular formula is C19H24N2O2.